The summed E-state index contributed by atoms with van der Waals surface area (Å²) in [6.07, 6.45) is 0. The molecule has 0 aliphatic heterocycles. The average Bonchev–Trinajstić information content (AvgIpc) is 1.12. The number of halogens is 1. The van der Waals surface area contributed by atoms with Crippen molar-refractivity contribution in [1.29, 1.82) is 0 Å². The van der Waals surface area contributed by atoms with E-state index in [1.165, 1.54) is 0 Å². The fourth-order valence-corrected chi connectivity index (χ4v) is 0. The smallest absolute Gasteiger partial charge is 0.112 e. The van der Waals surface area contributed by atoms with Crippen molar-refractivity contribution in [1.82, 2.24) is 0 Å². The molecule has 0 radical (unpaired) electrons. The van der Waals surface area contributed by atoms with Gasteiger partial charge in [-0.05, 0) is 0 Å². The summed E-state index contributed by atoms with van der Waals surface area (Å²) in [5.41, 5.74) is 0. The fraction of sp³-hybridized carbons (Fsp3) is 1.00. The summed E-state index contributed by atoms with van der Waals surface area (Å²) in [6.45, 7) is 0. The first-order chi connectivity index (χ1) is 4.00. The normalized spacial score (nSPS) is 12.0. The Morgan fingerprint density at radius 2 is 0.800 bits per heavy atom. The first-order valence-corrected chi connectivity index (χ1v) is 13.9. The van der Waals surface area contributed by atoms with Crippen molar-refractivity contribution >= 4 is 18.8 Å². The molecular formula is C4H12ClO4Sb. The van der Waals surface area contributed by atoms with E-state index in [-0.39, 0.29) is 0 Å². The third kappa shape index (κ3) is 629. The van der Waals surface area contributed by atoms with Crippen LogP contribution in [0.15, 0.2) is 0 Å². The van der Waals surface area contributed by atoms with Gasteiger partial charge in [-0.15, -0.1) is 10.2 Å². The zero-order valence-electron chi connectivity index (χ0n) is 6.46. The van der Waals surface area contributed by atoms with Gasteiger partial charge in [-0.3, -0.25) is 0 Å². The van der Waals surface area contributed by atoms with Crippen LogP contribution in [0.5, 0.6) is 0 Å². The van der Waals surface area contributed by atoms with Crippen LogP contribution in [0.1, 0.15) is 0 Å². The monoisotopic (exact) mass is 280 g/mol. The largest absolute Gasteiger partial charge is 0.222 e. The molecular weight excluding hydrogens is 269 g/mol. The number of hydrogen-bond donors (Lipinski definition) is 0. The van der Waals surface area contributed by atoms with E-state index < -0.39 is 29.0 Å². The Labute approximate surface area is 67.2 Å². The summed E-state index contributed by atoms with van der Waals surface area (Å²) in [6, 6.07) is 0. The molecule has 0 amide bonds. The molecule has 10 heavy (non-hydrogen) atoms. The predicted octanol–water partition coefficient (Wildman–Crippen LogP) is -2.80. The van der Waals surface area contributed by atoms with Crippen LogP contribution in [0.25, 0.3) is 0 Å². The molecule has 4 nitrogen and oxygen atoms in total. The predicted molar refractivity (Wildman–Crippen MR) is 29.2 cm³/mol. The Hall–Kier alpha value is 0.948. The molecule has 0 fully saturated rings. The maximum atomic E-state index is 8.49. The van der Waals surface area contributed by atoms with E-state index in [0.29, 0.717) is 0 Å². The second kappa shape index (κ2) is 4.75. The molecule has 0 atom stereocenters. The summed E-state index contributed by atoms with van der Waals surface area (Å²) in [7, 11) is -4.94. The van der Waals surface area contributed by atoms with Gasteiger partial charge in [-0.1, -0.05) is 0 Å². The summed E-state index contributed by atoms with van der Waals surface area (Å²) >= 11 is -1.10. The zero-order chi connectivity index (χ0) is 9.00. The molecule has 0 aliphatic rings. The Balaban J connectivity index is 0. The van der Waals surface area contributed by atoms with Gasteiger partial charge in [-0.2, -0.15) is 0 Å². The van der Waals surface area contributed by atoms with Crippen LogP contribution in [0.4, 0.5) is 0 Å². The molecule has 0 saturated heterocycles. The van der Waals surface area contributed by atoms with Gasteiger partial charge in [0.2, 0.25) is 0 Å². The molecule has 0 aromatic heterocycles. The van der Waals surface area contributed by atoms with Gasteiger partial charge in [0, 0.05) is 0 Å². The van der Waals surface area contributed by atoms with Crippen molar-refractivity contribution in [3.63, 3.8) is 0 Å². The van der Waals surface area contributed by atoms with Crippen LogP contribution in [0.3, 0.4) is 0 Å². The van der Waals surface area contributed by atoms with Gasteiger partial charge in [0.1, 0.15) is 0 Å². The maximum absolute atomic E-state index is 8.49. The number of hydrogen-bond acceptors (Lipinski definition) is 4. The van der Waals surface area contributed by atoms with Crippen LogP contribution in [-0.2, 0) is 0 Å². The van der Waals surface area contributed by atoms with Gasteiger partial charge < -0.3 is 0 Å². The van der Waals surface area contributed by atoms with Crippen LogP contribution in [-0.4, -0.2) is 18.8 Å². The van der Waals surface area contributed by atoms with Crippen LogP contribution < -0.4 is 18.6 Å². The van der Waals surface area contributed by atoms with E-state index in [2.05, 4.69) is 19.5 Å². The van der Waals surface area contributed by atoms with Gasteiger partial charge in [0.05, 0.1) is 0 Å². The standard InChI is InChI=1S/4CH3.ClHO4.Sb/c;;;;2-1(3,4)5;/h4*1H3;(H,2,3,4,5);/q;;;;;+1/p-1. The molecule has 0 bridgehead atoms. The summed E-state index contributed by atoms with van der Waals surface area (Å²) in [5.74, 6) is 0. The van der Waals surface area contributed by atoms with Crippen LogP contribution in [0.2, 0.25) is 19.5 Å². The molecule has 6 heteroatoms. The molecule has 64 valence electrons. The third-order valence-electron chi connectivity index (χ3n) is 0. The number of rotatable bonds is 0. The molecule has 0 heterocycles. The van der Waals surface area contributed by atoms with Crippen LogP contribution in [0, 0.1) is 10.2 Å². The van der Waals surface area contributed by atoms with Crippen molar-refractivity contribution < 1.29 is 28.9 Å². The maximum Gasteiger partial charge on any atom is -0.112 e. The summed E-state index contributed by atoms with van der Waals surface area (Å²) in [4.78, 5) is 9.55. The Morgan fingerprint density at radius 3 is 0.800 bits per heavy atom. The van der Waals surface area contributed by atoms with E-state index in [1.807, 2.05) is 0 Å². The minimum absolute atomic E-state index is 1.10. The first-order valence-electron chi connectivity index (χ1n) is 2.41. The summed E-state index contributed by atoms with van der Waals surface area (Å²) in [5, 5.41) is 0. The molecule has 0 spiro atoms. The third-order valence-corrected chi connectivity index (χ3v) is 0. The minimum atomic E-state index is -4.94. The molecule has 0 aromatic carbocycles. The Kier molecular flexibility index (Phi) is 6.43. The fourth-order valence-electron chi connectivity index (χ4n) is 0. The second-order valence-electron chi connectivity index (χ2n) is 3.06. The van der Waals surface area contributed by atoms with Gasteiger partial charge in [0.15, 0.2) is 0 Å². The van der Waals surface area contributed by atoms with E-state index in [9.17, 15) is 0 Å². The topological polar surface area (TPSA) is 92.2 Å². The second-order valence-corrected chi connectivity index (χ2v) is 19.1. The van der Waals surface area contributed by atoms with E-state index in [1.54, 1.807) is 0 Å². The van der Waals surface area contributed by atoms with Crippen LogP contribution >= 0.6 is 0 Å². The van der Waals surface area contributed by atoms with Gasteiger partial charge >= 0.3 is 38.3 Å². The molecule has 0 N–H and O–H groups in total. The van der Waals surface area contributed by atoms with E-state index >= 15 is 0 Å². The van der Waals surface area contributed by atoms with Crippen molar-refractivity contribution in [2.45, 2.75) is 19.5 Å². The van der Waals surface area contributed by atoms with Crippen molar-refractivity contribution in [3.05, 3.63) is 0 Å². The molecule has 0 aromatic rings. The average molecular weight is 281 g/mol. The van der Waals surface area contributed by atoms with Gasteiger partial charge in [0.25, 0.3) is 0 Å². The van der Waals surface area contributed by atoms with E-state index in [4.69, 9.17) is 18.6 Å². The van der Waals surface area contributed by atoms with Crippen molar-refractivity contribution in [2.24, 2.45) is 0 Å². The Bertz CT molecular complexity index is 60.2. The van der Waals surface area contributed by atoms with Crippen molar-refractivity contribution in [2.75, 3.05) is 0 Å². The molecule has 0 rings (SSSR count). The summed E-state index contributed by atoms with van der Waals surface area (Å²) < 4.78 is 34.0. The molecule has 0 unspecified atom stereocenters. The first kappa shape index (κ1) is 13.5. The Morgan fingerprint density at radius 1 is 0.800 bits per heavy atom. The van der Waals surface area contributed by atoms with Crippen molar-refractivity contribution in [3.8, 4) is 0 Å². The van der Waals surface area contributed by atoms with Gasteiger partial charge in [-0.25, -0.2) is 18.6 Å². The quantitative estimate of drug-likeness (QED) is 0.448. The molecule has 0 aliphatic carbocycles. The van der Waals surface area contributed by atoms with E-state index in [0.717, 1.165) is 0 Å². The molecule has 0 saturated carbocycles. The minimum Gasteiger partial charge on any atom is -0.222 e. The SMILES string of the molecule is [CH3][Sb+]([CH3])([CH3])[CH3].[O-][Cl+3]([O-])([O-])[O-]. The zero-order valence-corrected chi connectivity index (χ0v) is 9.77.